The molecule has 2 unspecified atom stereocenters. The molecule has 9 nitrogen and oxygen atoms in total. The maximum Gasteiger partial charge on any atom is 0.472 e. The summed E-state index contributed by atoms with van der Waals surface area (Å²) in [6.07, 6.45) is 74.7. The van der Waals surface area contributed by atoms with Crippen molar-refractivity contribution in [2.75, 3.05) is 26.4 Å². The number of carbonyl (C=O) groups excluding carboxylic acids is 2. The zero-order chi connectivity index (χ0) is 53.8. The van der Waals surface area contributed by atoms with Gasteiger partial charge >= 0.3 is 19.8 Å². The van der Waals surface area contributed by atoms with E-state index in [2.05, 4.69) is 62.5 Å². The summed E-state index contributed by atoms with van der Waals surface area (Å²) < 4.78 is 33.1. The SMILES string of the molecule is CC/C=C\C/C=C\C/C=C\C/C=C\CCCCCCCCCCCCCCCCC(=O)OC(COC(=O)CCCCCCCCCCCCCCCCCCCCCCCCCCCC)COP(=O)(O)OCCN. The summed E-state index contributed by atoms with van der Waals surface area (Å²) in [6, 6.07) is 0. The van der Waals surface area contributed by atoms with Gasteiger partial charge in [0.05, 0.1) is 13.2 Å². The maximum absolute atomic E-state index is 12.7. The zero-order valence-corrected chi connectivity index (χ0v) is 49.5. The van der Waals surface area contributed by atoms with Crippen LogP contribution in [-0.2, 0) is 32.7 Å². The molecular formula is C64H120NO8P. The molecule has 3 N–H and O–H groups in total. The Kier molecular flexibility index (Phi) is 58.6. The Labute approximate surface area is 457 Å². The van der Waals surface area contributed by atoms with Crippen LogP contribution in [0.3, 0.4) is 0 Å². The van der Waals surface area contributed by atoms with Crippen LogP contribution in [0.15, 0.2) is 48.6 Å². The fraction of sp³-hybridized carbons (Fsp3) is 0.844. The summed E-state index contributed by atoms with van der Waals surface area (Å²) in [7, 11) is -4.39. The first-order valence-corrected chi connectivity index (χ1v) is 33.1. The van der Waals surface area contributed by atoms with E-state index in [1.54, 1.807) is 0 Å². The second kappa shape index (κ2) is 60.2. The quantitative estimate of drug-likeness (QED) is 0.0264. The summed E-state index contributed by atoms with van der Waals surface area (Å²) in [5, 5.41) is 0. The molecule has 434 valence electrons. The number of phosphoric ester groups is 1. The lowest BCUT2D eigenvalue weighted by Gasteiger charge is -2.19. The fourth-order valence-electron chi connectivity index (χ4n) is 9.34. The molecule has 0 aromatic heterocycles. The third-order valence-electron chi connectivity index (χ3n) is 14.0. The first kappa shape index (κ1) is 72.0. The lowest BCUT2D eigenvalue weighted by molar-refractivity contribution is -0.161. The Bertz CT molecular complexity index is 1350. The second-order valence-electron chi connectivity index (χ2n) is 21.3. The van der Waals surface area contributed by atoms with E-state index in [-0.39, 0.29) is 38.6 Å². The van der Waals surface area contributed by atoms with E-state index in [9.17, 15) is 19.0 Å². The van der Waals surface area contributed by atoms with Gasteiger partial charge in [0.1, 0.15) is 6.61 Å². The van der Waals surface area contributed by atoms with Gasteiger partial charge in [-0.2, -0.15) is 0 Å². The van der Waals surface area contributed by atoms with Gasteiger partial charge in [-0.1, -0.05) is 300 Å². The van der Waals surface area contributed by atoms with Crippen LogP contribution in [0.5, 0.6) is 0 Å². The monoisotopic (exact) mass is 1060 g/mol. The van der Waals surface area contributed by atoms with Crippen molar-refractivity contribution in [1.82, 2.24) is 0 Å². The molecule has 0 fully saturated rings. The largest absolute Gasteiger partial charge is 0.472 e. The summed E-state index contributed by atoms with van der Waals surface area (Å²) in [5.74, 6) is -0.812. The Balaban J connectivity index is 3.89. The molecule has 74 heavy (non-hydrogen) atoms. The highest BCUT2D eigenvalue weighted by molar-refractivity contribution is 7.47. The van der Waals surface area contributed by atoms with E-state index in [0.717, 1.165) is 64.2 Å². The van der Waals surface area contributed by atoms with Gasteiger partial charge in [0, 0.05) is 19.4 Å². The fourth-order valence-corrected chi connectivity index (χ4v) is 10.1. The molecule has 0 saturated heterocycles. The zero-order valence-electron chi connectivity index (χ0n) is 48.6. The highest BCUT2D eigenvalue weighted by Gasteiger charge is 2.26. The van der Waals surface area contributed by atoms with E-state index < -0.39 is 26.5 Å². The van der Waals surface area contributed by atoms with Crippen LogP contribution in [0.2, 0.25) is 0 Å². The molecule has 0 radical (unpaired) electrons. The molecular weight excluding hydrogens is 942 g/mol. The molecule has 0 spiro atoms. The first-order chi connectivity index (χ1) is 36.3. The van der Waals surface area contributed by atoms with Crippen molar-refractivity contribution < 1.29 is 37.6 Å². The standard InChI is InChI=1S/C64H120NO8P/c1-3-5-7-9-11-13-15-17-19-21-23-25-27-29-31-33-35-37-39-41-43-45-47-49-51-53-55-57-64(67)73-62(61-72-74(68,69)71-59-58-65)60-70-63(66)56-54-52-50-48-46-44-42-40-38-36-34-32-30-28-26-24-22-20-18-16-14-12-10-8-6-4-2/h5,7,11,13,17,19,23,25,62H,3-4,6,8-10,12,14-16,18,20-22,24,26-61,65H2,1-2H3,(H,68,69)/b7-5-,13-11-,19-17-,25-23-. The van der Waals surface area contributed by atoms with Crippen LogP contribution in [0, 0.1) is 0 Å². The van der Waals surface area contributed by atoms with Crippen molar-refractivity contribution in [3.63, 3.8) is 0 Å². The normalized spacial score (nSPS) is 13.3. The topological polar surface area (TPSA) is 134 Å². The molecule has 0 amide bonds. The summed E-state index contributed by atoms with van der Waals surface area (Å²) in [5.41, 5.74) is 5.39. The Morgan fingerprint density at radius 3 is 1.11 bits per heavy atom. The third-order valence-corrected chi connectivity index (χ3v) is 15.0. The van der Waals surface area contributed by atoms with Crippen LogP contribution < -0.4 is 5.73 Å². The van der Waals surface area contributed by atoms with Crippen molar-refractivity contribution in [3.05, 3.63) is 48.6 Å². The number of carbonyl (C=O) groups is 2. The molecule has 2 atom stereocenters. The van der Waals surface area contributed by atoms with Crippen LogP contribution in [0.1, 0.15) is 316 Å². The number of unbranched alkanes of at least 4 members (excludes halogenated alkanes) is 39. The van der Waals surface area contributed by atoms with Gasteiger partial charge in [-0.3, -0.25) is 18.6 Å². The van der Waals surface area contributed by atoms with E-state index in [1.165, 1.54) is 218 Å². The smallest absolute Gasteiger partial charge is 0.462 e. The van der Waals surface area contributed by atoms with Gasteiger partial charge in [-0.25, -0.2) is 4.57 Å². The molecule has 0 bridgehead atoms. The number of allylic oxidation sites excluding steroid dienone is 8. The lowest BCUT2D eigenvalue weighted by atomic mass is 10.0. The van der Waals surface area contributed by atoms with Crippen molar-refractivity contribution in [1.29, 1.82) is 0 Å². The number of hydrogen-bond acceptors (Lipinski definition) is 8. The van der Waals surface area contributed by atoms with Crippen LogP contribution in [0.4, 0.5) is 0 Å². The van der Waals surface area contributed by atoms with Gasteiger partial charge in [-0.05, 0) is 51.4 Å². The van der Waals surface area contributed by atoms with Gasteiger partial charge in [-0.15, -0.1) is 0 Å². The summed E-state index contributed by atoms with van der Waals surface area (Å²) in [4.78, 5) is 35.3. The molecule has 0 aliphatic carbocycles. The minimum Gasteiger partial charge on any atom is -0.462 e. The lowest BCUT2D eigenvalue weighted by Crippen LogP contribution is -2.29. The number of phosphoric acid groups is 1. The molecule has 0 aliphatic heterocycles. The molecule has 0 aromatic rings. The maximum atomic E-state index is 12.7. The molecule has 0 rings (SSSR count). The average molecular weight is 1060 g/mol. The minimum absolute atomic E-state index is 0.0545. The predicted molar refractivity (Wildman–Crippen MR) is 317 cm³/mol. The second-order valence-corrected chi connectivity index (χ2v) is 22.7. The molecule has 0 aliphatic rings. The molecule has 10 heteroatoms. The average Bonchev–Trinajstić information content (AvgIpc) is 3.39. The summed E-state index contributed by atoms with van der Waals surface area (Å²) in [6.45, 7) is 3.69. The number of hydrogen-bond donors (Lipinski definition) is 2. The Morgan fingerprint density at radius 2 is 0.743 bits per heavy atom. The molecule has 0 aromatic carbocycles. The van der Waals surface area contributed by atoms with E-state index in [0.29, 0.717) is 6.42 Å². The summed E-state index contributed by atoms with van der Waals surface area (Å²) >= 11 is 0. The third kappa shape index (κ3) is 59.2. The Morgan fingerprint density at radius 1 is 0.419 bits per heavy atom. The highest BCUT2D eigenvalue weighted by atomic mass is 31.2. The number of ether oxygens (including phenoxy) is 2. The first-order valence-electron chi connectivity index (χ1n) is 31.6. The van der Waals surface area contributed by atoms with Crippen molar-refractivity contribution in [3.8, 4) is 0 Å². The highest BCUT2D eigenvalue weighted by Crippen LogP contribution is 2.43. The van der Waals surface area contributed by atoms with Crippen molar-refractivity contribution >= 4 is 19.8 Å². The van der Waals surface area contributed by atoms with Crippen molar-refractivity contribution in [2.45, 2.75) is 322 Å². The minimum atomic E-state index is -4.39. The van der Waals surface area contributed by atoms with Gasteiger partial charge in [0.25, 0.3) is 0 Å². The van der Waals surface area contributed by atoms with Gasteiger partial charge < -0.3 is 20.1 Å². The molecule has 0 saturated carbocycles. The van der Waals surface area contributed by atoms with E-state index in [4.69, 9.17) is 24.3 Å². The van der Waals surface area contributed by atoms with Crippen LogP contribution in [0.25, 0.3) is 0 Å². The van der Waals surface area contributed by atoms with Gasteiger partial charge in [0.15, 0.2) is 6.10 Å². The number of esters is 2. The van der Waals surface area contributed by atoms with Crippen molar-refractivity contribution in [2.24, 2.45) is 5.73 Å². The number of nitrogens with two attached hydrogens (primary N) is 1. The van der Waals surface area contributed by atoms with E-state index >= 15 is 0 Å². The van der Waals surface area contributed by atoms with E-state index in [1.807, 2.05) is 0 Å². The van der Waals surface area contributed by atoms with Gasteiger partial charge in [0.2, 0.25) is 0 Å². The predicted octanol–water partition coefficient (Wildman–Crippen LogP) is 20.1. The van der Waals surface area contributed by atoms with Crippen LogP contribution >= 0.6 is 7.82 Å². The Hall–Kier alpha value is -2.03. The molecule has 0 heterocycles. The number of rotatable bonds is 60. The van der Waals surface area contributed by atoms with Crippen LogP contribution in [-0.4, -0.2) is 49.3 Å².